The second-order valence-electron chi connectivity index (χ2n) is 5.69. The van der Waals surface area contributed by atoms with E-state index >= 15 is 0 Å². The SMILES string of the molecule is Cc1cc(CC2Nc3ccccc3CC2C)n(C)n1. The number of aryl methyl sites for hydroxylation is 2. The van der Waals surface area contributed by atoms with Crippen LogP contribution in [0.4, 0.5) is 5.69 Å². The molecule has 3 nitrogen and oxygen atoms in total. The smallest absolute Gasteiger partial charge is 0.0596 e. The van der Waals surface area contributed by atoms with Gasteiger partial charge in [0, 0.05) is 30.9 Å². The Morgan fingerprint density at radius 2 is 2.16 bits per heavy atom. The number of hydrogen-bond donors (Lipinski definition) is 1. The van der Waals surface area contributed by atoms with Crippen molar-refractivity contribution in [1.82, 2.24) is 9.78 Å². The predicted molar refractivity (Wildman–Crippen MR) is 78.4 cm³/mol. The Kier molecular flexibility index (Phi) is 3.05. The standard InChI is InChI=1S/C16H21N3/c1-11-8-13-6-4-5-7-15(13)17-16(11)10-14-9-12(2)18-19(14)3/h4-7,9,11,16-17H,8,10H2,1-3H3. The van der Waals surface area contributed by atoms with Gasteiger partial charge in [0.15, 0.2) is 0 Å². The summed E-state index contributed by atoms with van der Waals surface area (Å²) >= 11 is 0. The number of anilines is 1. The third kappa shape index (κ3) is 2.37. The molecule has 1 aliphatic heterocycles. The van der Waals surface area contributed by atoms with Crippen molar-refractivity contribution in [3.05, 3.63) is 47.3 Å². The summed E-state index contributed by atoms with van der Waals surface area (Å²) in [6, 6.07) is 11.3. The van der Waals surface area contributed by atoms with Crippen molar-refractivity contribution >= 4 is 5.69 Å². The average Bonchev–Trinajstić information content (AvgIpc) is 2.69. The van der Waals surface area contributed by atoms with Crippen molar-refractivity contribution in [2.24, 2.45) is 13.0 Å². The lowest BCUT2D eigenvalue weighted by Gasteiger charge is -2.32. The average molecular weight is 255 g/mol. The van der Waals surface area contributed by atoms with Crippen LogP contribution in [0.1, 0.15) is 23.9 Å². The highest BCUT2D eigenvalue weighted by atomic mass is 15.3. The molecule has 3 rings (SSSR count). The van der Waals surface area contributed by atoms with Crippen LogP contribution in [0.2, 0.25) is 0 Å². The Labute approximate surface area is 114 Å². The van der Waals surface area contributed by atoms with Gasteiger partial charge in [0.2, 0.25) is 0 Å². The summed E-state index contributed by atoms with van der Waals surface area (Å²) in [4.78, 5) is 0. The molecule has 2 heterocycles. The van der Waals surface area contributed by atoms with Crippen molar-refractivity contribution in [3.63, 3.8) is 0 Å². The van der Waals surface area contributed by atoms with Crippen LogP contribution in [-0.4, -0.2) is 15.8 Å². The van der Waals surface area contributed by atoms with E-state index in [-0.39, 0.29) is 0 Å². The van der Waals surface area contributed by atoms with E-state index in [0.717, 1.165) is 18.5 Å². The summed E-state index contributed by atoms with van der Waals surface area (Å²) < 4.78 is 2.00. The highest BCUT2D eigenvalue weighted by Gasteiger charge is 2.25. The van der Waals surface area contributed by atoms with Gasteiger partial charge in [0.25, 0.3) is 0 Å². The molecule has 0 fully saturated rings. The molecule has 3 heteroatoms. The summed E-state index contributed by atoms with van der Waals surface area (Å²) in [7, 11) is 2.03. The van der Waals surface area contributed by atoms with Crippen molar-refractivity contribution in [1.29, 1.82) is 0 Å². The molecule has 0 amide bonds. The first kappa shape index (κ1) is 12.3. The fraction of sp³-hybridized carbons (Fsp3) is 0.438. The summed E-state index contributed by atoms with van der Waals surface area (Å²) in [6.07, 6.45) is 2.19. The van der Waals surface area contributed by atoms with E-state index in [1.807, 2.05) is 11.7 Å². The van der Waals surface area contributed by atoms with E-state index in [1.165, 1.54) is 16.9 Å². The van der Waals surface area contributed by atoms with Crippen LogP contribution in [-0.2, 0) is 19.9 Å². The van der Waals surface area contributed by atoms with E-state index in [2.05, 4.69) is 54.6 Å². The Morgan fingerprint density at radius 3 is 2.89 bits per heavy atom. The molecule has 19 heavy (non-hydrogen) atoms. The first-order valence-corrected chi connectivity index (χ1v) is 6.97. The maximum Gasteiger partial charge on any atom is 0.0596 e. The van der Waals surface area contributed by atoms with Crippen molar-refractivity contribution in [3.8, 4) is 0 Å². The predicted octanol–water partition coefficient (Wildman–Crippen LogP) is 2.94. The lowest BCUT2D eigenvalue weighted by atomic mass is 9.86. The van der Waals surface area contributed by atoms with Gasteiger partial charge in [-0.1, -0.05) is 25.1 Å². The normalized spacial score (nSPS) is 21.8. The molecule has 1 aromatic carbocycles. The molecule has 1 N–H and O–H groups in total. The molecule has 0 bridgehead atoms. The van der Waals surface area contributed by atoms with Gasteiger partial charge < -0.3 is 5.32 Å². The minimum Gasteiger partial charge on any atom is -0.381 e. The van der Waals surface area contributed by atoms with Crippen LogP contribution in [0.3, 0.4) is 0 Å². The first-order chi connectivity index (χ1) is 9.13. The van der Waals surface area contributed by atoms with E-state index in [4.69, 9.17) is 0 Å². The molecule has 0 spiro atoms. The molecule has 0 aliphatic carbocycles. The molecule has 2 atom stereocenters. The monoisotopic (exact) mass is 255 g/mol. The van der Waals surface area contributed by atoms with Crippen molar-refractivity contribution in [2.75, 3.05) is 5.32 Å². The number of rotatable bonds is 2. The second kappa shape index (κ2) is 4.72. The third-order valence-corrected chi connectivity index (χ3v) is 4.11. The van der Waals surface area contributed by atoms with E-state index < -0.39 is 0 Å². The van der Waals surface area contributed by atoms with Crippen molar-refractivity contribution < 1.29 is 0 Å². The summed E-state index contributed by atoms with van der Waals surface area (Å²) in [5.74, 6) is 0.644. The van der Waals surface area contributed by atoms with Gasteiger partial charge >= 0.3 is 0 Å². The molecule has 1 aromatic heterocycles. The number of aromatic nitrogens is 2. The summed E-state index contributed by atoms with van der Waals surface area (Å²) in [5.41, 5.74) is 5.14. The largest absolute Gasteiger partial charge is 0.381 e. The highest BCUT2D eigenvalue weighted by molar-refractivity contribution is 5.54. The van der Waals surface area contributed by atoms with Gasteiger partial charge in [-0.05, 0) is 37.0 Å². The lowest BCUT2D eigenvalue weighted by Crippen LogP contribution is -2.35. The van der Waals surface area contributed by atoms with Crippen LogP contribution in [0, 0.1) is 12.8 Å². The number of nitrogens with one attached hydrogen (secondary N) is 1. The molecule has 100 valence electrons. The molecule has 0 saturated heterocycles. The Hall–Kier alpha value is -1.77. The molecule has 0 radical (unpaired) electrons. The topological polar surface area (TPSA) is 29.9 Å². The van der Waals surface area contributed by atoms with Crippen LogP contribution in [0.15, 0.2) is 30.3 Å². The molecule has 0 saturated carbocycles. The Bertz CT molecular complexity index is 585. The summed E-state index contributed by atoms with van der Waals surface area (Å²) in [5, 5.41) is 8.13. The van der Waals surface area contributed by atoms with Crippen LogP contribution >= 0.6 is 0 Å². The molecular weight excluding hydrogens is 234 g/mol. The fourth-order valence-electron chi connectivity index (χ4n) is 3.00. The Morgan fingerprint density at radius 1 is 1.37 bits per heavy atom. The van der Waals surface area contributed by atoms with Gasteiger partial charge in [0.1, 0.15) is 0 Å². The number of hydrogen-bond acceptors (Lipinski definition) is 2. The van der Waals surface area contributed by atoms with Gasteiger partial charge in [-0.15, -0.1) is 0 Å². The van der Waals surface area contributed by atoms with Crippen molar-refractivity contribution in [2.45, 2.75) is 32.7 Å². The molecule has 2 unspecified atom stereocenters. The maximum atomic E-state index is 4.43. The maximum absolute atomic E-state index is 4.43. The zero-order valence-electron chi connectivity index (χ0n) is 11.9. The van der Waals surface area contributed by atoms with Gasteiger partial charge in [-0.25, -0.2) is 0 Å². The third-order valence-electron chi connectivity index (χ3n) is 4.11. The Balaban J connectivity index is 1.81. The number of para-hydroxylation sites is 1. The molecule has 2 aromatic rings. The van der Waals surface area contributed by atoms with Crippen LogP contribution in [0.5, 0.6) is 0 Å². The lowest BCUT2D eigenvalue weighted by molar-refractivity contribution is 0.452. The minimum atomic E-state index is 0.490. The first-order valence-electron chi connectivity index (χ1n) is 6.97. The number of benzene rings is 1. The molecule has 1 aliphatic rings. The highest BCUT2D eigenvalue weighted by Crippen LogP contribution is 2.29. The van der Waals surface area contributed by atoms with Gasteiger partial charge in [-0.2, -0.15) is 5.10 Å². The van der Waals surface area contributed by atoms with Gasteiger partial charge in [0.05, 0.1) is 5.69 Å². The fourth-order valence-corrected chi connectivity index (χ4v) is 3.00. The summed E-state index contributed by atoms with van der Waals surface area (Å²) in [6.45, 7) is 4.38. The second-order valence-corrected chi connectivity index (χ2v) is 5.69. The zero-order chi connectivity index (χ0) is 13.4. The molecular formula is C16H21N3. The zero-order valence-corrected chi connectivity index (χ0v) is 11.9. The number of fused-ring (bicyclic) bond motifs is 1. The van der Waals surface area contributed by atoms with Gasteiger partial charge in [-0.3, -0.25) is 4.68 Å². The number of nitrogens with zero attached hydrogens (tertiary/aromatic N) is 2. The van der Waals surface area contributed by atoms with Crippen LogP contribution in [0.25, 0.3) is 0 Å². The van der Waals surface area contributed by atoms with E-state index in [1.54, 1.807) is 0 Å². The minimum absolute atomic E-state index is 0.490. The quantitative estimate of drug-likeness (QED) is 0.894. The van der Waals surface area contributed by atoms with E-state index in [0.29, 0.717) is 12.0 Å². The van der Waals surface area contributed by atoms with E-state index in [9.17, 15) is 0 Å². The van der Waals surface area contributed by atoms with Crippen LogP contribution < -0.4 is 5.32 Å².